The van der Waals surface area contributed by atoms with Crippen molar-refractivity contribution in [2.24, 2.45) is 10.7 Å². The Kier molecular flexibility index (Phi) is 5.39. The molecule has 4 N–H and O–H groups in total. The van der Waals surface area contributed by atoms with E-state index in [9.17, 15) is 19.6 Å². The minimum atomic E-state index is -4.71. The van der Waals surface area contributed by atoms with Crippen LogP contribution >= 0.6 is 7.75 Å². The molecule has 0 radical (unpaired) electrons. The Balaban J connectivity index is 2.39. The highest BCUT2D eigenvalue weighted by atomic mass is 31.2. The van der Waals surface area contributed by atoms with Crippen LogP contribution in [-0.4, -0.2) is 31.5 Å². The van der Waals surface area contributed by atoms with Gasteiger partial charge in [0.25, 0.3) is 0 Å². The molecular formula is C16H18NO6P. The molecule has 0 amide bonds. The molecule has 24 heavy (non-hydrogen) atoms. The Labute approximate surface area is 138 Å². The third kappa shape index (κ3) is 4.41. The van der Waals surface area contributed by atoms with Gasteiger partial charge in [0.15, 0.2) is 5.78 Å². The molecule has 0 bridgehead atoms. The first-order chi connectivity index (χ1) is 11.2. The molecule has 7 nitrogen and oxygen atoms in total. The highest BCUT2D eigenvalue weighted by Crippen LogP contribution is 2.39. The van der Waals surface area contributed by atoms with E-state index in [0.717, 1.165) is 0 Å². The second kappa shape index (κ2) is 7.13. The molecule has 1 aromatic rings. The van der Waals surface area contributed by atoms with Crippen LogP contribution in [0.1, 0.15) is 24.8 Å². The van der Waals surface area contributed by atoms with Crippen molar-refractivity contribution in [1.82, 2.24) is 0 Å². The fraction of sp³-hybridized carbons (Fsp3) is 0.250. The first-order valence-corrected chi connectivity index (χ1v) is 8.85. The van der Waals surface area contributed by atoms with Crippen molar-refractivity contribution in [3.8, 4) is 5.75 Å². The zero-order valence-electron chi connectivity index (χ0n) is 12.9. The molecule has 0 spiro atoms. The van der Waals surface area contributed by atoms with Crippen molar-refractivity contribution < 1.29 is 29.4 Å². The summed E-state index contributed by atoms with van der Waals surface area (Å²) in [5.41, 5.74) is 0.571. The van der Waals surface area contributed by atoms with Gasteiger partial charge in [0.2, 0.25) is 0 Å². The molecule has 0 aliphatic heterocycles. The van der Waals surface area contributed by atoms with E-state index in [1.54, 1.807) is 19.1 Å². The minimum Gasteiger partial charge on any atom is -0.508 e. The summed E-state index contributed by atoms with van der Waals surface area (Å²) >= 11 is 0. The third-order valence-corrected chi connectivity index (χ3v) is 4.17. The molecule has 128 valence electrons. The summed E-state index contributed by atoms with van der Waals surface area (Å²) in [5.74, 6) is -2.05. The van der Waals surface area contributed by atoms with Crippen molar-refractivity contribution in [2.75, 3.05) is 0 Å². The Morgan fingerprint density at radius 1 is 1.21 bits per heavy atom. The van der Waals surface area contributed by atoms with Crippen molar-refractivity contribution in [3.05, 3.63) is 53.8 Å². The zero-order chi connectivity index (χ0) is 17.9. The quantitative estimate of drug-likeness (QED) is 0.604. The predicted molar refractivity (Wildman–Crippen MR) is 89.0 cm³/mol. The van der Waals surface area contributed by atoms with Gasteiger partial charge in [-0.15, -0.1) is 0 Å². The van der Waals surface area contributed by atoms with E-state index in [0.29, 0.717) is 12.0 Å². The van der Waals surface area contributed by atoms with Gasteiger partial charge in [-0.1, -0.05) is 19.1 Å². The van der Waals surface area contributed by atoms with E-state index in [1.165, 1.54) is 30.4 Å². The number of ketones is 1. The summed E-state index contributed by atoms with van der Waals surface area (Å²) in [7, 11) is -4.71. The molecule has 2 atom stereocenters. The maximum atomic E-state index is 12.9. The molecule has 0 heterocycles. The maximum absolute atomic E-state index is 12.9. The van der Waals surface area contributed by atoms with Crippen molar-refractivity contribution in [2.45, 2.75) is 19.3 Å². The summed E-state index contributed by atoms with van der Waals surface area (Å²) in [4.78, 5) is 31.0. The second-order valence-corrected chi connectivity index (χ2v) is 6.62. The number of aromatic hydroxyl groups is 1. The van der Waals surface area contributed by atoms with Gasteiger partial charge in [0, 0.05) is 5.92 Å². The number of phenols is 1. The number of aliphatic hydroxyl groups excluding tert-OH is 1. The molecule has 0 aromatic heterocycles. The van der Waals surface area contributed by atoms with Crippen molar-refractivity contribution in [1.29, 1.82) is 0 Å². The van der Waals surface area contributed by atoms with Crippen LogP contribution in [0.25, 0.3) is 0 Å². The van der Waals surface area contributed by atoms with Gasteiger partial charge in [0.05, 0.1) is 11.6 Å². The van der Waals surface area contributed by atoms with Gasteiger partial charge in [-0.25, -0.2) is 4.57 Å². The molecule has 1 aliphatic carbocycles. The van der Waals surface area contributed by atoms with Gasteiger partial charge < -0.3 is 20.0 Å². The Morgan fingerprint density at radius 3 is 2.38 bits per heavy atom. The van der Waals surface area contributed by atoms with Gasteiger partial charge >= 0.3 is 7.75 Å². The largest absolute Gasteiger partial charge is 0.508 e. The van der Waals surface area contributed by atoms with Gasteiger partial charge in [-0.2, -0.15) is 4.76 Å². The normalized spacial score (nSPS) is 20.7. The van der Waals surface area contributed by atoms with Crippen LogP contribution in [0.4, 0.5) is 0 Å². The van der Waals surface area contributed by atoms with E-state index in [4.69, 9.17) is 9.79 Å². The molecule has 2 rings (SSSR count). The second-order valence-electron chi connectivity index (χ2n) is 5.40. The van der Waals surface area contributed by atoms with Crippen LogP contribution in [0, 0.1) is 5.92 Å². The predicted octanol–water partition coefficient (Wildman–Crippen LogP) is 2.62. The Morgan fingerprint density at radius 2 is 1.83 bits per heavy atom. The van der Waals surface area contributed by atoms with Crippen LogP contribution in [-0.2, 0) is 9.36 Å². The number of benzene rings is 1. The lowest BCUT2D eigenvalue weighted by atomic mass is 9.82. The smallest absolute Gasteiger partial charge is 0.448 e. The molecule has 0 fully saturated rings. The standard InChI is InChI=1S/C16H18NO6P/c1-2-13(10-3-5-11(18)6-4-10)16(20)14-9-12(19)7-8-15(14)17-24(21,22)23/h3-9,13-14,18-19H,2H2,1H3,(H2,21,22,23). The SMILES string of the molecule is CCC(C(=O)C1C=C(O)C=CC1=NP(=O)(O)O)c1ccc(O)cc1. The lowest BCUT2D eigenvalue weighted by Crippen LogP contribution is -2.28. The van der Waals surface area contributed by atoms with Crippen LogP contribution in [0.5, 0.6) is 5.75 Å². The van der Waals surface area contributed by atoms with Crippen LogP contribution in [0.2, 0.25) is 0 Å². The lowest BCUT2D eigenvalue weighted by Gasteiger charge is -2.22. The first-order valence-electron chi connectivity index (χ1n) is 7.28. The number of aliphatic hydroxyl groups is 1. The molecule has 0 saturated carbocycles. The molecule has 2 unspecified atom stereocenters. The summed E-state index contributed by atoms with van der Waals surface area (Å²) in [6, 6.07) is 6.15. The number of phenolic OH excluding ortho intramolecular Hbond substituents is 1. The van der Waals surface area contributed by atoms with E-state index in [2.05, 4.69) is 4.76 Å². The summed E-state index contributed by atoms with van der Waals surface area (Å²) < 4.78 is 14.5. The van der Waals surface area contributed by atoms with Crippen LogP contribution in [0.15, 0.2) is 53.0 Å². The zero-order valence-corrected chi connectivity index (χ0v) is 13.8. The van der Waals surface area contributed by atoms with Gasteiger partial charge in [-0.3, -0.25) is 4.79 Å². The molecule has 0 saturated heterocycles. The third-order valence-electron chi connectivity index (χ3n) is 3.68. The van der Waals surface area contributed by atoms with E-state index >= 15 is 0 Å². The van der Waals surface area contributed by atoms with E-state index < -0.39 is 19.6 Å². The fourth-order valence-corrected chi connectivity index (χ4v) is 3.08. The lowest BCUT2D eigenvalue weighted by molar-refractivity contribution is -0.121. The number of hydrogen-bond donors (Lipinski definition) is 4. The number of rotatable bonds is 5. The topological polar surface area (TPSA) is 127 Å². The van der Waals surface area contributed by atoms with Crippen LogP contribution < -0.4 is 0 Å². The fourth-order valence-electron chi connectivity index (χ4n) is 2.58. The number of nitrogens with zero attached hydrogens (tertiary/aromatic N) is 1. The van der Waals surface area contributed by atoms with Gasteiger partial charge in [-0.05, 0) is 42.3 Å². The number of carbonyl (C=O) groups excluding carboxylic acids is 1. The number of allylic oxidation sites excluding steroid dienone is 3. The molecule has 8 heteroatoms. The molecule has 1 aliphatic rings. The number of carbonyl (C=O) groups is 1. The Hall–Kier alpha value is -2.21. The van der Waals surface area contributed by atoms with E-state index in [1.807, 2.05) is 0 Å². The average Bonchev–Trinajstić information content (AvgIpc) is 2.50. The van der Waals surface area contributed by atoms with Crippen LogP contribution in [0.3, 0.4) is 0 Å². The summed E-state index contributed by atoms with van der Waals surface area (Å²) in [6.45, 7) is 1.80. The average molecular weight is 351 g/mol. The number of Topliss-reactive ketones (excluding diaryl/α,β-unsaturated/α-hetero) is 1. The molecule has 1 aromatic carbocycles. The summed E-state index contributed by atoms with van der Waals surface area (Å²) in [5, 5.41) is 19.0. The first kappa shape index (κ1) is 18.1. The van der Waals surface area contributed by atoms with Crippen molar-refractivity contribution in [3.63, 3.8) is 0 Å². The highest BCUT2D eigenvalue weighted by Gasteiger charge is 2.31. The maximum Gasteiger partial charge on any atom is 0.448 e. The minimum absolute atomic E-state index is 0.0722. The number of hydrogen-bond acceptors (Lipinski definition) is 4. The monoisotopic (exact) mass is 351 g/mol. The van der Waals surface area contributed by atoms with Crippen molar-refractivity contribution >= 4 is 19.2 Å². The molecular weight excluding hydrogens is 333 g/mol. The summed E-state index contributed by atoms with van der Waals surface area (Å²) in [6.07, 6.45) is 4.11. The van der Waals surface area contributed by atoms with E-state index in [-0.39, 0.29) is 23.0 Å². The Bertz CT molecular complexity index is 759. The highest BCUT2D eigenvalue weighted by molar-refractivity contribution is 7.50. The van der Waals surface area contributed by atoms with Gasteiger partial charge in [0.1, 0.15) is 11.5 Å².